The fourth-order valence-corrected chi connectivity index (χ4v) is 3.71. The molecule has 0 spiro atoms. The van der Waals surface area contributed by atoms with E-state index in [0.29, 0.717) is 5.69 Å². The van der Waals surface area contributed by atoms with Gasteiger partial charge in [-0.1, -0.05) is 36.5 Å². The molecule has 0 radical (unpaired) electrons. The SMILES string of the molecule is NC(=S)c1cccc(-c2cn(CC(CF)CF)c3cc(NC(=O)c4ncc[nH]4)ccc23)c1. The highest BCUT2D eigenvalue weighted by atomic mass is 32.1. The number of amides is 1. The van der Waals surface area contributed by atoms with E-state index in [0.717, 1.165) is 27.6 Å². The minimum atomic E-state index is -0.767. The van der Waals surface area contributed by atoms with E-state index in [1.54, 1.807) is 18.3 Å². The average Bonchev–Trinajstić information content (AvgIpc) is 3.46. The second-order valence-corrected chi connectivity index (χ2v) is 7.88. The van der Waals surface area contributed by atoms with Crippen molar-refractivity contribution in [2.24, 2.45) is 11.7 Å². The fourth-order valence-electron chi connectivity index (χ4n) is 3.59. The molecule has 6 nitrogen and oxygen atoms in total. The van der Waals surface area contributed by atoms with Gasteiger partial charge in [-0.3, -0.25) is 13.6 Å². The number of H-pyrrole nitrogens is 1. The summed E-state index contributed by atoms with van der Waals surface area (Å²) < 4.78 is 28.4. The van der Waals surface area contributed by atoms with Crippen LogP contribution >= 0.6 is 12.2 Å². The third kappa shape index (κ3) is 4.38. The van der Waals surface area contributed by atoms with Gasteiger partial charge in [0, 0.05) is 53.3 Å². The van der Waals surface area contributed by atoms with Gasteiger partial charge in [0.2, 0.25) is 0 Å². The van der Waals surface area contributed by atoms with Gasteiger partial charge in [0.05, 0.1) is 18.9 Å². The summed E-state index contributed by atoms with van der Waals surface area (Å²) in [5.41, 5.74) is 9.54. The number of rotatable bonds is 8. The van der Waals surface area contributed by atoms with Crippen molar-refractivity contribution in [2.75, 3.05) is 18.7 Å². The molecule has 1 amide bonds. The summed E-state index contributed by atoms with van der Waals surface area (Å²) >= 11 is 5.09. The number of nitrogens with zero attached hydrogens (tertiary/aromatic N) is 2. The Morgan fingerprint density at radius 2 is 2.03 bits per heavy atom. The molecule has 0 aliphatic carbocycles. The van der Waals surface area contributed by atoms with E-state index in [1.165, 1.54) is 6.20 Å². The lowest BCUT2D eigenvalue weighted by Crippen LogP contribution is -2.15. The average molecular weight is 454 g/mol. The lowest BCUT2D eigenvalue weighted by molar-refractivity contribution is 0.101. The molecule has 0 saturated heterocycles. The van der Waals surface area contributed by atoms with Crippen molar-refractivity contribution in [3.63, 3.8) is 0 Å². The minimum Gasteiger partial charge on any atom is -0.389 e. The standard InChI is InChI=1S/C23H21F2N5OS/c24-10-14(11-25)12-30-13-19(15-2-1-3-16(8-15)21(26)32)18-5-4-17(9-20(18)30)29-23(31)22-27-6-7-28-22/h1-9,13-14H,10-12H2,(H2,26,32)(H,27,28)(H,29,31). The highest BCUT2D eigenvalue weighted by Crippen LogP contribution is 2.33. The smallest absolute Gasteiger partial charge is 0.291 e. The number of imidazole rings is 1. The Balaban J connectivity index is 1.78. The number of carbonyl (C=O) groups excluding carboxylic acids is 1. The van der Waals surface area contributed by atoms with E-state index < -0.39 is 19.3 Å². The lowest BCUT2D eigenvalue weighted by Gasteiger charge is -2.12. The van der Waals surface area contributed by atoms with E-state index in [9.17, 15) is 13.6 Å². The summed E-state index contributed by atoms with van der Waals surface area (Å²) in [7, 11) is 0. The van der Waals surface area contributed by atoms with Crippen molar-refractivity contribution in [3.05, 3.63) is 72.4 Å². The number of hydrogen-bond donors (Lipinski definition) is 3. The van der Waals surface area contributed by atoms with Crippen LogP contribution in [0.15, 0.2) is 61.1 Å². The van der Waals surface area contributed by atoms with Crippen LogP contribution in [0.3, 0.4) is 0 Å². The fraction of sp³-hybridized carbons (Fsp3) is 0.174. The molecular weight excluding hydrogens is 432 g/mol. The second kappa shape index (κ2) is 9.27. The monoisotopic (exact) mass is 453 g/mol. The van der Waals surface area contributed by atoms with Crippen molar-refractivity contribution >= 4 is 39.7 Å². The lowest BCUT2D eigenvalue weighted by atomic mass is 10.0. The quantitative estimate of drug-likeness (QED) is 0.344. The minimum absolute atomic E-state index is 0.161. The third-order valence-corrected chi connectivity index (χ3v) is 5.44. The molecule has 0 aliphatic heterocycles. The largest absolute Gasteiger partial charge is 0.389 e. The van der Waals surface area contributed by atoms with Gasteiger partial charge < -0.3 is 20.6 Å². The maximum atomic E-state index is 13.3. The van der Waals surface area contributed by atoms with Crippen LogP contribution in [-0.2, 0) is 6.54 Å². The van der Waals surface area contributed by atoms with Crippen molar-refractivity contribution in [1.82, 2.24) is 14.5 Å². The molecule has 4 aromatic rings. The van der Waals surface area contributed by atoms with Gasteiger partial charge in [-0.15, -0.1) is 0 Å². The maximum absolute atomic E-state index is 13.3. The Morgan fingerprint density at radius 1 is 1.22 bits per heavy atom. The number of nitrogens with one attached hydrogen (secondary N) is 2. The van der Waals surface area contributed by atoms with Crippen molar-refractivity contribution < 1.29 is 13.6 Å². The Morgan fingerprint density at radius 3 is 2.72 bits per heavy atom. The van der Waals surface area contributed by atoms with Gasteiger partial charge in [0.15, 0.2) is 5.82 Å². The number of aromatic amines is 1. The van der Waals surface area contributed by atoms with Gasteiger partial charge in [-0.25, -0.2) is 4.98 Å². The van der Waals surface area contributed by atoms with Crippen LogP contribution in [-0.4, -0.2) is 38.8 Å². The summed E-state index contributed by atoms with van der Waals surface area (Å²) in [5.74, 6) is -0.962. The Bertz CT molecular complexity index is 1260. The number of fused-ring (bicyclic) bond motifs is 1. The molecule has 164 valence electrons. The first-order valence-corrected chi connectivity index (χ1v) is 10.4. The molecule has 2 heterocycles. The van der Waals surface area contributed by atoms with Crippen LogP contribution in [0, 0.1) is 5.92 Å². The molecular formula is C23H21F2N5OS. The number of benzene rings is 2. The van der Waals surface area contributed by atoms with Gasteiger partial charge in [-0.05, 0) is 23.8 Å². The van der Waals surface area contributed by atoms with Crippen molar-refractivity contribution in [2.45, 2.75) is 6.54 Å². The number of halogens is 2. The molecule has 0 bridgehead atoms. The van der Waals surface area contributed by atoms with E-state index >= 15 is 0 Å². The molecule has 0 unspecified atom stereocenters. The van der Waals surface area contributed by atoms with Gasteiger partial charge >= 0.3 is 0 Å². The third-order valence-electron chi connectivity index (χ3n) is 5.20. The highest BCUT2D eigenvalue weighted by molar-refractivity contribution is 7.80. The van der Waals surface area contributed by atoms with Crippen LogP contribution in [0.5, 0.6) is 0 Å². The Kier molecular flexibility index (Phi) is 6.27. The summed E-state index contributed by atoms with van der Waals surface area (Å²) in [6.45, 7) is -1.37. The Labute approximate surface area is 188 Å². The number of thiocarbonyl (C=S) groups is 1. The predicted octanol–water partition coefficient (Wildman–Crippen LogP) is 4.47. The zero-order valence-corrected chi connectivity index (χ0v) is 17.8. The van der Waals surface area contributed by atoms with Crippen LogP contribution in [0.4, 0.5) is 14.5 Å². The number of carbonyl (C=O) groups is 1. The normalized spacial score (nSPS) is 11.2. The molecule has 0 aliphatic rings. The topological polar surface area (TPSA) is 88.7 Å². The highest BCUT2D eigenvalue weighted by Gasteiger charge is 2.17. The predicted molar refractivity (Wildman–Crippen MR) is 125 cm³/mol. The van der Waals surface area contributed by atoms with Gasteiger partial charge in [0.25, 0.3) is 5.91 Å². The van der Waals surface area contributed by atoms with Crippen LogP contribution in [0.2, 0.25) is 0 Å². The first kappa shape index (κ1) is 21.6. The maximum Gasteiger partial charge on any atom is 0.291 e. The zero-order chi connectivity index (χ0) is 22.7. The summed E-state index contributed by atoms with van der Waals surface area (Å²) in [4.78, 5) is 19.3. The molecule has 4 N–H and O–H groups in total. The Hall–Kier alpha value is -3.59. The number of alkyl halides is 2. The van der Waals surface area contributed by atoms with Crippen molar-refractivity contribution in [1.29, 1.82) is 0 Å². The van der Waals surface area contributed by atoms with Crippen LogP contribution < -0.4 is 11.1 Å². The first-order valence-electron chi connectivity index (χ1n) is 9.96. The van der Waals surface area contributed by atoms with Crippen LogP contribution in [0.1, 0.15) is 16.2 Å². The molecule has 0 atom stereocenters. The molecule has 2 aromatic carbocycles. The zero-order valence-electron chi connectivity index (χ0n) is 17.0. The van der Waals surface area contributed by atoms with Gasteiger partial charge in [-0.2, -0.15) is 0 Å². The molecule has 0 fully saturated rings. The number of nitrogens with two attached hydrogens (primary N) is 1. The van der Waals surface area contributed by atoms with Crippen LogP contribution in [0.25, 0.3) is 22.0 Å². The summed E-state index contributed by atoms with van der Waals surface area (Å²) in [6, 6.07) is 12.9. The second-order valence-electron chi connectivity index (χ2n) is 7.44. The van der Waals surface area contributed by atoms with E-state index in [1.807, 2.05) is 41.1 Å². The summed E-state index contributed by atoms with van der Waals surface area (Å²) in [6.07, 6.45) is 4.91. The molecule has 32 heavy (non-hydrogen) atoms. The first-order chi connectivity index (χ1) is 15.5. The summed E-state index contributed by atoms with van der Waals surface area (Å²) in [5, 5.41) is 3.66. The van der Waals surface area contributed by atoms with E-state index in [2.05, 4.69) is 15.3 Å². The molecule has 2 aromatic heterocycles. The number of aromatic nitrogens is 3. The molecule has 9 heteroatoms. The molecule has 0 saturated carbocycles. The van der Waals surface area contributed by atoms with Crippen molar-refractivity contribution in [3.8, 4) is 11.1 Å². The van der Waals surface area contributed by atoms with E-state index in [-0.39, 0.29) is 23.3 Å². The number of anilines is 1. The van der Waals surface area contributed by atoms with Gasteiger partial charge in [0.1, 0.15) is 4.99 Å². The van der Waals surface area contributed by atoms with E-state index in [4.69, 9.17) is 18.0 Å². The number of hydrogen-bond acceptors (Lipinski definition) is 3. The molecule has 4 rings (SSSR count).